The number of carboxylic acid groups (broad SMARTS) is 1. The quantitative estimate of drug-likeness (QED) is 0.663. The van der Waals surface area contributed by atoms with E-state index in [0.29, 0.717) is 13.0 Å². The Balaban J connectivity index is 2.24. The highest BCUT2D eigenvalue weighted by molar-refractivity contribution is 5.85. The molecule has 0 aliphatic heterocycles. The summed E-state index contributed by atoms with van der Waals surface area (Å²) in [6, 6.07) is -0.393. The summed E-state index contributed by atoms with van der Waals surface area (Å²) < 4.78 is 0. The molecule has 0 radical (unpaired) electrons. The van der Waals surface area contributed by atoms with Gasteiger partial charge in [0, 0.05) is 6.54 Å². The number of urea groups is 1. The Kier molecular flexibility index (Phi) is 4.78. The van der Waals surface area contributed by atoms with Crippen molar-refractivity contribution in [1.29, 1.82) is 0 Å². The van der Waals surface area contributed by atoms with E-state index in [2.05, 4.69) is 10.6 Å². The maximum atomic E-state index is 11.5. The second-order valence-corrected chi connectivity index (χ2v) is 4.96. The summed E-state index contributed by atoms with van der Waals surface area (Å²) in [4.78, 5) is 22.5. The number of nitrogens with one attached hydrogen (secondary N) is 2. The number of hydrogen-bond donors (Lipinski definition) is 3. The molecule has 1 rings (SSSR count). The molecule has 1 aliphatic carbocycles. The summed E-state index contributed by atoms with van der Waals surface area (Å²) in [5, 5.41) is 14.2. The molecule has 1 fully saturated rings. The number of aliphatic carboxylic acids is 1. The molecule has 0 aromatic heterocycles. The second-order valence-electron chi connectivity index (χ2n) is 4.96. The van der Waals surface area contributed by atoms with Gasteiger partial charge < -0.3 is 15.7 Å². The molecular formula is C12H22N2O3. The van der Waals surface area contributed by atoms with Crippen LogP contribution in [0.3, 0.4) is 0 Å². The van der Waals surface area contributed by atoms with Crippen LogP contribution in [0.2, 0.25) is 0 Å². The van der Waals surface area contributed by atoms with Crippen LogP contribution in [0.4, 0.5) is 4.79 Å². The second kappa shape index (κ2) is 5.89. The molecule has 3 N–H and O–H groups in total. The predicted octanol–water partition coefficient (Wildman–Crippen LogP) is 1.73. The highest BCUT2D eigenvalue weighted by atomic mass is 16.4. The van der Waals surface area contributed by atoms with Crippen molar-refractivity contribution in [2.75, 3.05) is 6.54 Å². The van der Waals surface area contributed by atoms with E-state index in [0.717, 1.165) is 12.3 Å². The molecule has 0 spiro atoms. The van der Waals surface area contributed by atoms with Crippen molar-refractivity contribution in [2.24, 2.45) is 5.92 Å². The Morgan fingerprint density at radius 2 is 2.06 bits per heavy atom. The van der Waals surface area contributed by atoms with Gasteiger partial charge in [-0.25, -0.2) is 9.59 Å². The first kappa shape index (κ1) is 13.8. The van der Waals surface area contributed by atoms with Gasteiger partial charge in [-0.15, -0.1) is 0 Å². The largest absolute Gasteiger partial charge is 0.480 e. The van der Waals surface area contributed by atoms with E-state index >= 15 is 0 Å². The predicted molar refractivity (Wildman–Crippen MR) is 64.8 cm³/mol. The van der Waals surface area contributed by atoms with Gasteiger partial charge in [0.1, 0.15) is 5.54 Å². The van der Waals surface area contributed by atoms with Gasteiger partial charge >= 0.3 is 12.0 Å². The fourth-order valence-corrected chi connectivity index (χ4v) is 1.76. The number of carboxylic acids is 1. The van der Waals surface area contributed by atoms with Crippen molar-refractivity contribution in [2.45, 2.75) is 51.5 Å². The molecule has 1 aliphatic rings. The van der Waals surface area contributed by atoms with Crippen molar-refractivity contribution >= 4 is 12.0 Å². The molecule has 5 nitrogen and oxygen atoms in total. The van der Waals surface area contributed by atoms with Crippen molar-refractivity contribution in [1.82, 2.24) is 10.6 Å². The van der Waals surface area contributed by atoms with Crippen molar-refractivity contribution in [3.63, 3.8) is 0 Å². The van der Waals surface area contributed by atoms with Gasteiger partial charge in [-0.2, -0.15) is 0 Å². The molecule has 0 aromatic rings. The summed E-state index contributed by atoms with van der Waals surface area (Å²) in [5.41, 5.74) is -1.18. The third-order valence-electron chi connectivity index (χ3n) is 3.63. The maximum Gasteiger partial charge on any atom is 0.329 e. The van der Waals surface area contributed by atoms with Crippen LogP contribution in [0.25, 0.3) is 0 Å². The number of carbonyl (C=O) groups is 2. The van der Waals surface area contributed by atoms with Gasteiger partial charge in [0.05, 0.1) is 0 Å². The molecule has 1 unspecified atom stereocenters. The Morgan fingerprint density at radius 3 is 2.47 bits per heavy atom. The van der Waals surface area contributed by atoms with Gasteiger partial charge in [-0.05, 0) is 25.7 Å². The minimum absolute atomic E-state index is 0.360. The Labute approximate surface area is 102 Å². The van der Waals surface area contributed by atoms with Crippen molar-refractivity contribution in [3.05, 3.63) is 0 Å². The fourth-order valence-electron chi connectivity index (χ4n) is 1.76. The van der Waals surface area contributed by atoms with E-state index in [-0.39, 0.29) is 0 Å². The van der Waals surface area contributed by atoms with Crippen molar-refractivity contribution < 1.29 is 14.7 Å². The van der Waals surface area contributed by atoms with Crippen LogP contribution in [0.15, 0.2) is 0 Å². The molecule has 1 saturated carbocycles. The molecule has 2 amide bonds. The standard InChI is InChI=1S/C12H22N2O3/c1-3-12(2,10(15)16)14-11(17)13-8-7-9-5-4-6-9/h9H,3-8H2,1-2H3,(H,15,16)(H2,13,14,17). The summed E-state index contributed by atoms with van der Waals surface area (Å²) in [5.74, 6) is -0.263. The molecule has 0 heterocycles. The lowest BCUT2D eigenvalue weighted by Crippen LogP contribution is -2.55. The minimum atomic E-state index is -1.18. The number of carbonyl (C=O) groups excluding carboxylic acids is 1. The number of amides is 2. The monoisotopic (exact) mass is 242 g/mol. The van der Waals surface area contributed by atoms with Gasteiger partial charge in [-0.3, -0.25) is 0 Å². The molecule has 0 saturated heterocycles. The first-order valence-corrected chi connectivity index (χ1v) is 6.27. The molecule has 0 aromatic carbocycles. The van der Waals surface area contributed by atoms with E-state index in [1.54, 1.807) is 6.92 Å². The Morgan fingerprint density at radius 1 is 1.41 bits per heavy atom. The van der Waals surface area contributed by atoms with E-state index in [1.807, 2.05) is 0 Å². The SMILES string of the molecule is CCC(C)(NC(=O)NCCC1CCC1)C(=O)O. The highest BCUT2D eigenvalue weighted by Gasteiger charge is 2.32. The van der Waals surface area contributed by atoms with Gasteiger partial charge in [0.25, 0.3) is 0 Å². The lowest BCUT2D eigenvalue weighted by atomic mass is 9.83. The summed E-state index contributed by atoms with van der Waals surface area (Å²) in [7, 11) is 0. The first-order valence-electron chi connectivity index (χ1n) is 6.27. The molecule has 5 heteroatoms. The third-order valence-corrected chi connectivity index (χ3v) is 3.63. The molecule has 98 valence electrons. The van der Waals surface area contributed by atoms with Crippen LogP contribution < -0.4 is 10.6 Å². The summed E-state index contributed by atoms with van der Waals surface area (Å²) in [6.07, 6.45) is 5.15. The molecule has 0 bridgehead atoms. The Bertz CT molecular complexity index is 289. The molecular weight excluding hydrogens is 220 g/mol. The lowest BCUT2D eigenvalue weighted by Gasteiger charge is -2.27. The normalized spacial score (nSPS) is 18.9. The minimum Gasteiger partial charge on any atom is -0.480 e. The molecule has 17 heavy (non-hydrogen) atoms. The van der Waals surface area contributed by atoms with E-state index in [4.69, 9.17) is 5.11 Å². The zero-order chi connectivity index (χ0) is 12.9. The summed E-state index contributed by atoms with van der Waals surface area (Å²) >= 11 is 0. The fraction of sp³-hybridized carbons (Fsp3) is 0.833. The number of hydrogen-bond acceptors (Lipinski definition) is 2. The zero-order valence-electron chi connectivity index (χ0n) is 10.6. The van der Waals surface area contributed by atoms with Crippen LogP contribution in [-0.4, -0.2) is 29.2 Å². The number of rotatable bonds is 6. The highest BCUT2D eigenvalue weighted by Crippen LogP contribution is 2.28. The average Bonchev–Trinajstić information content (AvgIpc) is 2.21. The first-order chi connectivity index (χ1) is 7.98. The van der Waals surface area contributed by atoms with Gasteiger partial charge in [-0.1, -0.05) is 26.2 Å². The smallest absolute Gasteiger partial charge is 0.329 e. The topological polar surface area (TPSA) is 78.4 Å². The molecule has 1 atom stereocenters. The van der Waals surface area contributed by atoms with Crippen molar-refractivity contribution in [3.8, 4) is 0 Å². The van der Waals surface area contributed by atoms with Crippen LogP contribution >= 0.6 is 0 Å². The average molecular weight is 242 g/mol. The van der Waals surface area contributed by atoms with E-state index in [9.17, 15) is 9.59 Å². The van der Waals surface area contributed by atoms with Crippen LogP contribution in [-0.2, 0) is 4.79 Å². The van der Waals surface area contributed by atoms with E-state index < -0.39 is 17.5 Å². The maximum absolute atomic E-state index is 11.5. The van der Waals surface area contributed by atoms with Crippen LogP contribution in [0.5, 0.6) is 0 Å². The van der Waals surface area contributed by atoms with Crippen LogP contribution in [0.1, 0.15) is 46.0 Å². The Hall–Kier alpha value is -1.26. The summed E-state index contributed by atoms with van der Waals surface area (Å²) in [6.45, 7) is 3.87. The third kappa shape index (κ3) is 3.91. The van der Waals surface area contributed by atoms with Gasteiger partial charge in [0.15, 0.2) is 0 Å². The van der Waals surface area contributed by atoms with Crippen LogP contribution in [0, 0.1) is 5.92 Å². The van der Waals surface area contributed by atoms with Gasteiger partial charge in [0.2, 0.25) is 0 Å². The lowest BCUT2D eigenvalue weighted by molar-refractivity contribution is -0.143. The zero-order valence-corrected chi connectivity index (χ0v) is 10.6. The van der Waals surface area contributed by atoms with E-state index in [1.165, 1.54) is 26.2 Å².